The number of amides is 1. The van der Waals surface area contributed by atoms with Gasteiger partial charge in [0.25, 0.3) is 0 Å². The molecule has 8 heteroatoms. The van der Waals surface area contributed by atoms with Crippen molar-refractivity contribution in [2.24, 2.45) is 5.92 Å². The SMILES string of the molecule is CC(=O)c1ccc(S(=O)(=O)N2CCC(C(=O)NC(c3ccccc3)c3cccs3)CC2)cc1. The summed E-state index contributed by atoms with van der Waals surface area (Å²) in [4.78, 5) is 25.8. The highest BCUT2D eigenvalue weighted by Gasteiger charge is 2.33. The lowest BCUT2D eigenvalue weighted by atomic mass is 9.96. The van der Waals surface area contributed by atoms with Crippen molar-refractivity contribution in [3.8, 4) is 0 Å². The highest BCUT2D eigenvalue weighted by Crippen LogP contribution is 2.29. The van der Waals surface area contributed by atoms with Gasteiger partial charge in [0.15, 0.2) is 5.78 Å². The maximum atomic E-state index is 13.1. The molecule has 1 unspecified atom stereocenters. The molecule has 2 aromatic carbocycles. The number of hydrogen-bond donors (Lipinski definition) is 1. The zero-order chi connectivity index (χ0) is 23.4. The van der Waals surface area contributed by atoms with Gasteiger partial charge in [-0.2, -0.15) is 4.31 Å². The van der Waals surface area contributed by atoms with E-state index in [2.05, 4.69) is 5.32 Å². The van der Waals surface area contributed by atoms with Crippen molar-refractivity contribution < 1.29 is 18.0 Å². The second kappa shape index (κ2) is 9.99. The van der Waals surface area contributed by atoms with Crippen LogP contribution < -0.4 is 5.32 Å². The molecule has 4 rings (SSSR count). The summed E-state index contributed by atoms with van der Waals surface area (Å²) in [5.74, 6) is -0.412. The van der Waals surface area contributed by atoms with E-state index >= 15 is 0 Å². The first-order chi connectivity index (χ1) is 15.9. The van der Waals surface area contributed by atoms with Crippen LogP contribution in [0.1, 0.15) is 46.6 Å². The van der Waals surface area contributed by atoms with Crippen LogP contribution in [0.4, 0.5) is 0 Å². The molecular formula is C25H26N2O4S2. The molecule has 1 atom stereocenters. The fourth-order valence-corrected chi connectivity index (χ4v) is 6.32. The van der Waals surface area contributed by atoms with Crippen LogP contribution in [0.2, 0.25) is 0 Å². The zero-order valence-corrected chi connectivity index (χ0v) is 19.9. The van der Waals surface area contributed by atoms with E-state index < -0.39 is 10.0 Å². The van der Waals surface area contributed by atoms with E-state index in [1.54, 1.807) is 11.3 Å². The van der Waals surface area contributed by atoms with Crippen molar-refractivity contribution in [2.45, 2.75) is 30.7 Å². The lowest BCUT2D eigenvalue weighted by Gasteiger charge is -2.31. The molecule has 0 radical (unpaired) electrons. The molecule has 6 nitrogen and oxygen atoms in total. The van der Waals surface area contributed by atoms with Crippen LogP contribution in [0.3, 0.4) is 0 Å². The van der Waals surface area contributed by atoms with Gasteiger partial charge in [-0.1, -0.05) is 48.5 Å². The van der Waals surface area contributed by atoms with E-state index in [-0.39, 0.29) is 41.6 Å². The average Bonchev–Trinajstić information content (AvgIpc) is 3.38. The summed E-state index contributed by atoms with van der Waals surface area (Å²) in [6.45, 7) is 2.01. The van der Waals surface area contributed by atoms with Crippen LogP contribution in [0.15, 0.2) is 77.0 Å². The van der Waals surface area contributed by atoms with Gasteiger partial charge < -0.3 is 5.32 Å². The third-order valence-electron chi connectivity index (χ3n) is 5.97. The molecule has 0 saturated carbocycles. The van der Waals surface area contributed by atoms with Gasteiger partial charge in [0, 0.05) is 29.4 Å². The molecule has 172 valence electrons. The third-order valence-corrected chi connectivity index (χ3v) is 8.82. The van der Waals surface area contributed by atoms with Gasteiger partial charge in [-0.3, -0.25) is 9.59 Å². The first kappa shape index (κ1) is 23.4. The number of ketones is 1. The van der Waals surface area contributed by atoms with Crippen molar-refractivity contribution in [1.82, 2.24) is 9.62 Å². The Labute approximate surface area is 198 Å². The standard InChI is InChI=1S/C25H26N2O4S2/c1-18(28)19-9-11-22(12-10-19)33(30,31)27-15-13-21(14-16-27)25(29)26-24(23-8-5-17-32-23)20-6-3-2-4-7-20/h2-12,17,21,24H,13-16H2,1H3,(H,26,29). The smallest absolute Gasteiger partial charge is 0.243 e. The number of nitrogens with zero attached hydrogens (tertiary/aromatic N) is 1. The highest BCUT2D eigenvalue weighted by molar-refractivity contribution is 7.89. The number of hydrogen-bond acceptors (Lipinski definition) is 5. The molecular weight excluding hydrogens is 456 g/mol. The summed E-state index contributed by atoms with van der Waals surface area (Å²) in [6, 6.07) is 19.6. The number of nitrogens with one attached hydrogen (secondary N) is 1. The van der Waals surface area contributed by atoms with E-state index in [1.807, 2.05) is 47.8 Å². The van der Waals surface area contributed by atoms with Crippen molar-refractivity contribution in [2.75, 3.05) is 13.1 Å². The van der Waals surface area contributed by atoms with Gasteiger partial charge in [0.1, 0.15) is 0 Å². The summed E-state index contributed by atoms with van der Waals surface area (Å²) >= 11 is 1.60. The number of benzene rings is 2. The average molecular weight is 483 g/mol. The van der Waals surface area contributed by atoms with Crippen molar-refractivity contribution in [3.05, 3.63) is 88.1 Å². The molecule has 0 bridgehead atoms. The van der Waals surface area contributed by atoms with Crippen LogP contribution in [0, 0.1) is 5.92 Å². The quantitative estimate of drug-likeness (QED) is 0.510. The third kappa shape index (κ3) is 5.24. The number of rotatable bonds is 7. The molecule has 1 amide bonds. The van der Waals surface area contributed by atoms with E-state index in [1.165, 1.54) is 35.5 Å². The van der Waals surface area contributed by atoms with Gasteiger partial charge in [-0.15, -0.1) is 11.3 Å². The van der Waals surface area contributed by atoms with Crippen LogP contribution in [0.25, 0.3) is 0 Å². The van der Waals surface area contributed by atoms with Gasteiger partial charge in [0.05, 0.1) is 10.9 Å². The Morgan fingerprint density at radius 1 is 0.970 bits per heavy atom. The predicted molar refractivity (Wildman–Crippen MR) is 129 cm³/mol. The normalized spacial score (nSPS) is 16.3. The topological polar surface area (TPSA) is 83.6 Å². The molecule has 1 N–H and O–H groups in total. The van der Waals surface area contributed by atoms with Crippen LogP contribution in [0.5, 0.6) is 0 Å². The summed E-state index contributed by atoms with van der Waals surface area (Å²) in [5.41, 5.74) is 1.49. The lowest BCUT2D eigenvalue weighted by Crippen LogP contribution is -2.43. The van der Waals surface area contributed by atoms with Crippen molar-refractivity contribution >= 4 is 33.1 Å². The van der Waals surface area contributed by atoms with Crippen LogP contribution in [-0.4, -0.2) is 37.5 Å². The van der Waals surface area contributed by atoms with Crippen LogP contribution in [-0.2, 0) is 14.8 Å². The number of carbonyl (C=O) groups is 2. The minimum absolute atomic E-state index is 0.0555. The van der Waals surface area contributed by atoms with E-state index in [9.17, 15) is 18.0 Å². The van der Waals surface area contributed by atoms with E-state index in [0.717, 1.165) is 10.4 Å². The second-order valence-electron chi connectivity index (χ2n) is 8.13. The lowest BCUT2D eigenvalue weighted by molar-refractivity contribution is -0.126. The molecule has 1 aromatic heterocycles. The Hall–Kier alpha value is -2.81. The molecule has 1 fully saturated rings. The maximum Gasteiger partial charge on any atom is 0.243 e. The Balaban J connectivity index is 1.41. The fraction of sp³-hybridized carbons (Fsp3) is 0.280. The van der Waals surface area contributed by atoms with E-state index in [0.29, 0.717) is 18.4 Å². The maximum absolute atomic E-state index is 13.1. The van der Waals surface area contributed by atoms with Crippen molar-refractivity contribution in [1.29, 1.82) is 0 Å². The van der Waals surface area contributed by atoms with Crippen molar-refractivity contribution in [3.63, 3.8) is 0 Å². The molecule has 1 aliphatic rings. The molecule has 0 spiro atoms. The van der Waals surface area contributed by atoms with Gasteiger partial charge in [-0.05, 0) is 48.9 Å². The molecule has 1 saturated heterocycles. The highest BCUT2D eigenvalue weighted by atomic mass is 32.2. The van der Waals surface area contributed by atoms with Gasteiger partial charge in [-0.25, -0.2) is 8.42 Å². The molecule has 1 aliphatic heterocycles. The number of thiophene rings is 1. The first-order valence-electron chi connectivity index (χ1n) is 10.9. The Kier molecular flexibility index (Phi) is 7.07. The number of Topliss-reactive ketones (excluding diaryl/α,β-unsaturated/α-hetero) is 1. The molecule has 33 heavy (non-hydrogen) atoms. The van der Waals surface area contributed by atoms with E-state index in [4.69, 9.17) is 0 Å². The summed E-state index contributed by atoms with van der Waals surface area (Å²) < 4.78 is 27.4. The number of carbonyl (C=O) groups excluding carboxylic acids is 2. The summed E-state index contributed by atoms with van der Waals surface area (Å²) in [5, 5.41) is 5.17. The molecule has 3 aromatic rings. The molecule has 0 aliphatic carbocycles. The first-order valence-corrected chi connectivity index (χ1v) is 13.2. The number of sulfonamides is 1. The minimum atomic E-state index is -3.66. The summed E-state index contributed by atoms with van der Waals surface area (Å²) in [6.07, 6.45) is 0.922. The van der Waals surface area contributed by atoms with Crippen LogP contribution >= 0.6 is 11.3 Å². The van der Waals surface area contributed by atoms with Gasteiger partial charge in [0.2, 0.25) is 15.9 Å². The monoisotopic (exact) mass is 482 g/mol. The van der Waals surface area contributed by atoms with Gasteiger partial charge >= 0.3 is 0 Å². The predicted octanol–water partition coefficient (Wildman–Crippen LogP) is 4.26. The Morgan fingerprint density at radius 3 is 2.21 bits per heavy atom. The second-order valence-corrected chi connectivity index (χ2v) is 11.0. The summed E-state index contributed by atoms with van der Waals surface area (Å²) in [7, 11) is -3.66. The minimum Gasteiger partial charge on any atom is -0.344 e. The fourth-order valence-electron chi connectivity index (χ4n) is 4.05. The molecule has 2 heterocycles. The Bertz CT molecular complexity index is 1200. The number of piperidine rings is 1. The largest absolute Gasteiger partial charge is 0.344 e. The Morgan fingerprint density at radius 2 is 1.64 bits per heavy atom. The zero-order valence-electron chi connectivity index (χ0n) is 18.3.